The van der Waals surface area contributed by atoms with Gasteiger partial charge in [-0.15, -0.1) is 0 Å². The summed E-state index contributed by atoms with van der Waals surface area (Å²) in [6.45, 7) is -0.263. The number of fused-ring (bicyclic) bond motifs is 1. The Morgan fingerprint density at radius 3 is 2.44 bits per heavy atom. The zero-order chi connectivity index (χ0) is 19.2. The van der Waals surface area contributed by atoms with E-state index in [1.165, 1.54) is 0 Å². The number of carbonyl (C=O) groups excluding carboxylic acids is 2. The van der Waals surface area contributed by atoms with Gasteiger partial charge in [0.05, 0.1) is 11.8 Å². The average Bonchev–Trinajstić information content (AvgIpc) is 2.70. The minimum Gasteiger partial charge on any atom is -0.483 e. The topological polar surface area (TPSA) is 105 Å². The van der Waals surface area contributed by atoms with Crippen LogP contribution in [0.15, 0.2) is 42.5 Å². The smallest absolute Gasteiger partial charge is 0.307 e. The Morgan fingerprint density at radius 2 is 1.67 bits per heavy atom. The normalized spacial score (nSPS) is 19.3. The van der Waals surface area contributed by atoms with Crippen LogP contribution in [0.25, 0.3) is 10.8 Å². The van der Waals surface area contributed by atoms with E-state index in [1.54, 1.807) is 6.07 Å². The minimum atomic E-state index is -0.972. The van der Waals surface area contributed by atoms with Crippen molar-refractivity contribution in [1.29, 1.82) is 0 Å². The molecule has 0 bridgehead atoms. The molecule has 0 radical (unpaired) electrons. The molecule has 7 heteroatoms. The highest BCUT2D eigenvalue weighted by Crippen LogP contribution is 2.30. The first kappa shape index (κ1) is 18.7. The first-order valence-corrected chi connectivity index (χ1v) is 8.98. The maximum atomic E-state index is 12.2. The summed E-state index contributed by atoms with van der Waals surface area (Å²) in [4.78, 5) is 35.5. The van der Waals surface area contributed by atoms with Crippen molar-refractivity contribution < 1.29 is 24.2 Å². The first-order chi connectivity index (χ1) is 13.1. The van der Waals surface area contributed by atoms with E-state index < -0.39 is 29.6 Å². The van der Waals surface area contributed by atoms with Gasteiger partial charge in [-0.05, 0) is 24.3 Å². The maximum absolute atomic E-state index is 12.2. The van der Waals surface area contributed by atoms with Crippen molar-refractivity contribution >= 4 is 28.6 Å². The predicted octanol–water partition coefficient (Wildman–Crippen LogP) is 2.26. The second-order valence-electron chi connectivity index (χ2n) is 6.64. The number of carboxylic acids is 1. The lowest BCUT2D eigenvalue weighted by atomic mass is 9.79. The largest absolute Gasteiger partial charge is 0.483 e. The van der Waals surface area contributed by atoms with Crippen LogP contribution in [0.5, 0.6) is 5.75 Å². The van der Waals surface area contributed by atoms with Gasteiger partial charge in [-0.1, -0.05) is 49.2 Å². The van der Waals surface area contributed by atoms with Gasteiger partial charge >= 0.3 is 5.97 Å². The maximum Gasteiger partial charge on any atom is 0.307 e. The molecule has 3 N–H and O–H groups in total. The highest BCUT2D eigenvalue weighted by Gasteiger charge is 2.35. The summed E-state index contributed by atoms with van der Waals surface area (Å²) in [5.74, 6) is -2.72. The number of benzene rings is 2. The Kier molecular flexibility index (Phi) is 5.90. The van der Waals surface area contributed by atoms with Crippen molar-refractivity contribution in [2.24, 2.45) is 11.8 Å². The Balaban J connectivity index is 1.52. The van der Waals surface area contributed by atoms with Gasteiger partial charge in [0.2, 0.25) is 5.91 Å². The summed E-state index contributed by atoms with van der Waals surface area (Å²) in [5, 5.41) is 11.1. The molecule has 1 saturated carbocycles. The number of hydrogen-bond acceptors (Lipinski definition) is 4. The molecule has 7 nitrogen and oxygen atoms in total. The fourth-order valence-electron chi connectivity index (χ4n) is 3.47. The van der Waals surface area contributed by atoms with Gasteiger partial charge < -0.3 is 9.84 Å². The molecule has 2 aromatic rings. The molecule has 1 aliphatic carbocycles. The molecule has 0 saturated heterocycles. The van der Waals surface area contributed by atoms with E-state index in [2.05, 4.69) is 10.9 Å². The van der Waals surface area contributed by atoms with Gasteiger partial charge in [0.25, 0.3) is 5.91 Å². The molecule has 3 rings (SSSR count). The van der Waals surface area contributed by atoms with E-state index in [0.717, 1.165) is 23.6 Å². The van der Waals surface area contributed by atoms with Crippen molar-refractivity contribution in [3.63, 3.8) is 0 Å². The Bertz CT molecular complexity index is 846. The van der Waals surface area contributed by atoms with Gasteiger partial charge in [0.1, 0.15) is 5.75 Å². The number of carbonyl (C=O) groups is 3. The number of hydrogen-bond donors (Lipinski definition) is 3. The second-order valence-corrected chi connectivity index (χ2v) is 6.64. The SMILES string of the molecule is O=C(COc1cccc2ccccc12)NNC(=O)[C@@H]1CCCC[C@@H]1C(=O)O. The molecule has 2 aromatic carbocycles. The average molecular weight is 370 g/mol. The Morgan fingerprint density at radius 1 is 0.963 bits per heavy atom. The van der Waals surface area contributed by atoms with Gasteiger partial charge in [0.15, 0.2) is 6.61 Å². The summed E-state index contributed by atoms with van der Waals surface area (Å²) in [6.07, 6.45) is 2.59. The number of amides is 2. The van der Waals surface area contributed by atoms with Gasteiger partial charge in [-0.2, -0.15) is 0 Å². The van der Waals surface area contributed by atoms with Gasteiger partial charge in [-0.25, -0.2) is 0 Å². The van der Waals surface area contributed by atoms with E-state index in [1.807, 2.05) is 36.4 Å². The van der Waals surface area contributed by atoms with Crippen molar-refractivity contribution in [1.82, 2.24) is 10.9 Å². The lowest BCUT2D eigenvalue weighted by Crippen LogP contribution is -2.49. The minimum absolute atomic E-state index is 0.263. The van der Waals surface area contributed by atoms with Gasteiger partial charge in [0, 0.05) is 5.39 Å². The zero-order valence-corrected chi connectivity index (χ0v) is 14.8. The molecule has 0 spiro atoms. The van der Waals surface area contributed by atoms with E-state index in [-0.39, 0.29) is 6.61 Å². The summed E-state index contributed by atoms with van der Waals surface area (Å²) in [6, 6.07) is 13.2. The summed E-state index contributed by atoms with van der Waals surface area (Å²) >= 11 is 0. The number of nitrogens with one attached hydrogen (secondary N) is 2. The highest BCUT2D eigenvalue weighted by atomic mass is 16.5. The number of rotatable bonds is 5. The third kappa shape index (κ3) is 4.55. The molecule has 27 heavy (non-hydrogen) atoms. The van der Waals surface area contributed by atoms with E-state index in [0.29, 0.717) is 18.6 Å². The molecular weight excluding hydrogens is 348 g/mol. The van der Waals surface area contributed by atoms with Gasteiger partial charge in [-0.3, -0.25) is 25.2 Å². The van der Waals surface area contributed by atoms with Crippen LogP contribution in [0, 0.1) is 11.8 Å². The highest BCUT2D eigenvalue weighted by molar-refractivity contribution is 5.89. The molecule has 0 aromatic heterocycles. The van der Waals surface area contributed by atoms with Crippen LogP contribution in [0.4, 0.5) is 0 Å². The van der Waals surface area contributed by atoms with Crippen molar-refractivity contribution in [3.05, 3.63) is 42.5 Å². The first-order valence-electron chi connectivity index (χ1n) is 8.98. The van der Waals surface area contributed by atoms with E-state index >= 15 is 0 Å². The van der Waals surface area contributed by atoms with Crippen LogP contribution < -0.4 is 15.6 Å². The van der Waals surface area contributed by atoms with E-state index in [9.17, 15) is 19.5 Å². The molecule has 142 valence electrons. The van der Waals surface area contributed by atoms with Crippen LogP contribution >= 0.6 is 0 Å². The molecule has 2 amide bonds. The molecule has 0 heterocycles. The van der Waals surface area contributed by atoms with Crippen molar-refractivity contribution in [2.45, 2.75) is 25.7 Å². The monoisotopic (exact) mass is 370 g/mol. The second kappa shape index (κ2) is 8.53. The quantitative estimate of drug-likeness (QED) is 0.700. The predicted molar refractivity (Wildman–Crippen MR) is 98.8 cm³/mol. The molecule has 1 fully saturated rings. The van der Waals surface area contributed by atoms with E-state index in [4.69, 9.17) is 4.74 Å². The molecule has 2 atom stereocenters. The lowest BCUT2D eigenvalue weighted by molar-refractivity contribution is -0.149. The standard InChI is InChI=1S/C20H22N2O5/c23-18(12-27-17-11-5-7-13-6-1-2-8-14(13)17)21-22-19(24)15-9-3-4-10-16(15)20(25)26/h1-2,5-8,11,15-16H,3-4,9-10,12H2,(H,21,23)(H,22,24)(H,25,26)/t15-,16+/m1/s1. The zero-order valence-electron chi connectivity index (χ0n) is 14.8. The Labute approximate surface area is 156 Å². The summed E-state index contributed by atoms with van der Waals surface area (Å²) in [7, 11) is 0. The Hall–Kier alpha value is -3.09. The fraction of sp³-hybridized carbons (Fsp3) is 0.350. The summed E-state index contributed by atoms with van der Waals surface area (Å²) < 4.78 is 5.56. The van der Waals surface area contributed by atoms with Crippen LogP contribution in [0.1, 0.15) is 25.7 Å². The number of aliphatic carboxylic acids is 1. The third-order valence-corrected chi connectivity index (χ3v) is 4.85. The molecule has 0 unspecified atom stereocenters. The molecular formula is C20H22N2O5. The number of hydrazine groups is 1. The lowest BCUT2D eigenvalue weighted by Gasteiger charge is -2.27. The summed E-state index contributed by atoms with van der Waals surface area (Å²) in [5.41, 5.74) is 4.63. The van der Waals surface area contributed by atoms with Crippen LogP contribution in [-0.4, -0.2) is 29.5 Å². The number of carboxylic acid groups (broad SMARTS) is 1. The van der Waals surface area contributed by atoms with Crippen molar-refractivity contribution in [2.75, 3.05) is 6.61 Å². The van der Waals surface area contributed by atoms with Crippen LogP contribution in [0.2, 0.25) is 0 Å². The van der Waals surface area contributed by atoms with Crippen LogP contribution in [-0.2, 0) is 14.4 Å². The fourth-order valence-corrected chi connectivity index (χ4v) is 3.47. The van der Waals surface area contributed by atoms with Crippen LogP contribution in [0.3, 0.4) is 0 Å². The number of ether oxygens (including phenoxy) is 1. The molecule has 1 aliphatic rings. The van der Waals surface area contributed by atoms with Crippen molar-refractivity contribution in [3.8, 4) is 5.75 Å². The third-order valence-electron chi connectivity index (χ3n) is 4.85. The molecule has 0 aliphatic heterocycles.